The number of carbonyl (C=O) groups excluding carboxylic acids is 2. The molecule has 1 N–H and O–H groups in total. The second-order valence-electron chi connectivity index (χ2n) is 7.35. The van der Waals surface area contributed by atoms with Gasteiger partial charge in [-0.25, -0.2) is 0 Å². The molecule has 0 radical (unpaired) electrons. The minimum atomic E-state index is -1.04. The number of anilines is 2. The van der Waals surface area contributed by atoms with Crippen molar-refractivity contribution in [3.8, 4) is 11.5 Å². The molecule has 1 aliphatic heterocycles. The predicted octanol–water partition coefficient (Wildman–Crippen LogP) is 4.63. The topological polar surface area (TPSA) is 88.3 Å². The minimum absolute atomic E-state index is 0.227. The fourth-order valence-electron chi connectivity index (χ4n) is 3.23. The lowest BCUT2D eigenvalue weighted by Gasteiger charge is -2.42. The van der Waals surface area contributed by atoms with E-state index >= 15 is 0 Å². The average molecular weight is 443 g/mol. The first-order valence-electron chi connectivity index (χ1n) is 9.28. The lowest BCUT2D eigenvalue weighted by molar-refractivity contribution is -0.126. The Kier molecular flexibility index (Phi) is 5.29. The summed E-state index contributed by atoms with van der Waals surface area (Å²) in [6, 6.07) is 14.3. The summed E-state index contributed by atoms with van der Waals surface area (Å²) >= 11 is 7.16. The molecule has 0 saturated carbocycles. The number of carbonyl (C=O) groups is 2. The molecule has 9 heteroatoms. The summed E-state index contributed by atoms with van der Waals surface area (Å²) in [5.41, 5.74) is 0.919. The van der Waals surface area contributed by atoms with Crippen LogP contribution < -0.4 is 10.2 Å². The summed E-state index contributed by atoms with van der Waals surface area (Å²) in [4.78, 5) is 27.5. The smallest absolute Gasteiger partial charge is 0.277 e. The summed E-state index contributed by atoms with van der Waals surface area (Å²) in [5, 5.41) is 11.2. The number of hydrogen-bond donors (Lipinski definition) is 1. The summed E-state index contributed by atoms with van der Waals surface area (Å²) in [6.07, 6.45) is 0. The number of para-hydroxylation sites is 2. The number of aromatic nitrogens is 2. The van der Waals surface area contributed by atoms with E-state index < -0.39 is 10.8 Å². The van der Waals surface area contributed by atoms with Gasteiger partial charge in [0.25, 0.3) is 5.22 Å². The monoisotopic (exact) mass is 442 g/mol. The van der Waals surface area contributed by atoms with Gasteiger partial charge >= 0.3 is 0 Å². The van der Waals surface area contributed by atoms with Crippen LogP contribution in [0.25, 0.3) is 11.5 Å². The van der Waals surface area contributed by atoms with Crippen LogP contribution in [0.2, 0.25) is 5.02 Å². The maximum absolute atomic E-state index is 13.4. The minimum Gasteiger partial charge on any atom is -0.411 e. The fourth-order valence-corrected chi connectivity index (χ4v) is 4.14. The van der Waals surface area contributed by atoms with E-state index in [0.29, 0.717) is 27.9 Å². The number of benzene rings is 2. The van der Waals surface area contributed by atoms with Gasteiger partial charge in [-0.05, 0) is 51.1 Å². The third-order valence-corrected chi connectivity index (χ3v) is 5.99. The number of rotatable bonds is 4. The Morgan fingerprint density at radius 3 is 2.73 bits per heavy atom. The molecule has 2 aromatic carbocycles. The van der Waals surface area contributed by atoms with Crippen LogP contribution in [-0.2, 0) is 9.59 Å². The molecule has 0 saturated heterocycles. The first-order valence-corrected chi connectivity index (χ1v) is 10.5. The lowest BCUT2D eigenvalue weighted by atomic mass is 9.96. The third-order valence-electron chi connectivity index (χ3n) is 4.83. The molecule has 4 rings (SSSR count). The van der Waals surface area contributed by atoms with Crippen LogP contribution in [0.3, 0.4) is 0 Å². The molecule has 30 heavy (non-hydrogen) atoms. The van der Waals surface area contributed by atoms with E-state index in [2.05, 4.69) is 15.5 Å². The van der Waals surface area contributed by atoms with Gasteiger partial charge in [0.2, 0.25) is 17.7 Å². The average Bonchev–Trinajstić information content (AvgIpc) is 3.17. The highest BCUT2D eigenvalue weighted by atomic mass is 35.5. The molecule has 1 unspecified atom stereocenters. The highest BCUT2D eigenvalue weighted by Crippen LogP contribution is 2.38. The third kappa shape index (κ3) is 3.68. The SMILES string of the molecule is CC(Sc1nnc(-c2cccc(Cl)c2)o1)C(=O)N1c2ccccc2NC(=O)C1(C)C. The van der Waals surface area contributed by atoms with Gasteiger partial charge < -0.3 is 9.73 Å². The summed E-state index contributed by atoms with van der Waals surface area (Å²) in [7, 11) is 0. The summed E-state index contributed by atoms with van der Waals surface area (Å²) in [6.45, 7) is 5.19. The molecule has 154 valence electrons. The zero-order valence-corrected chi connectivity index (χ0v) is 18.1. The Morgan fingerprint density at radius 2 is 1.97 bits per heavy atom. The van der Waals surface area contributed by atoms with Crippen molar-refractivity contribution >= 4 is 46.6 Å². The van der Waals surface area contributed by atoms with Crippen LogP contribution in [0.5, 0.6) is 0 Å². The van der Waals surface area contributed by atoms with Gasteiger partial charge in [-0.1, -0.05) is 41.6 Å². The van der Waals surface area contributed by atoms with Crippen LogP contribution in [-0.4, -0.2) is 32.8 Å². The number of nitrogens with zero attached hydrogens (tertiary/aromatic N) is 3. The molecular weight excluding hydrogens is 424 g/mol. The van der Waals surface area contributed by atoms with Crippen LogP contribution in [0.1, 0.15) is 20.8 Å². The van der Waals surface area contributed by atoms with Crippen molar-refractivity contribution < 1.29 is 14.0 Å². The number of hydrogen-bond acceptors (Lipinski definition) is 6. The predicted molar refractivity (Wildman–Crippen MR) is 117 cm³/mol. The molecular formula is C21H19ClN4O3S. The Morgan fingerprint density at radius 1 is 1.20 bits per heavy atom. The zero-order valence-electron chi connectivity index (χ0n) is 16.5. The summed E-state index contributed by atoms with van der Waals surface area (Å²) in [5.74, 6) is -0.148. The largest absolute Gasteiger partial charge is 0.411 e. The van der Waals surface area contributed by atoms with Crippen molar-refractivity contribution in [1.29, 1.82) is 0 Å². The first-order chi connectivity index (χ1) is 14.3. The van der Waals surface area contributed by atoms with Gasteiger partial charge in [0.15, 0.2) is 0 Å². The van der Waals surface area contributed by atoms with E-state index in [1.807, 2.05) is 24.3 Å². The molecule has 3 aromatic rings. The highest BCUT2D eigenvalue weighted by Gasteiger charge is 2.45. The van der Waals surface area contributed by atoms with E-state index in [1.54, 1.807) is 45.0 Å². The normalized spacial score (nSPS) is 16.0. The molecule has 1 atom stereocenters. The van der Waals surface area contributed by atoms with Crippen LogP contribution in [0, 0.1) is 0 Å². The number of thioether (sulfide) groups is 1. The van der Waals surface area contributed by atoms with Crippen molar-refractivity contribution in [2.24, 2.45) is 0 Å². The molecule has 0 bridgehead atoms. The van der Waals surface area contributed by atoms with Crippen LogP contribution >= 0.6 is 23.4 Å². The van der Waals surface area contributed by atoms with E-state index in [9.17, 15) is 9.59 Å². The van der Waals surface area contributed by atoms with Gasteiger partial charge in [-0.15, -0.1) is 10.2 Å². The second kappa shape index (κ2) is 7.77. The Bertz CT molecular complexity index is 1130. The number of fused-ring (bicyclic) bond motifs is 1. The second-order valence-corrected chi connectivity index (χ2v) is 9.08. The Labute approximate surface area is 182 Å². The van der Waals surface area contributed by atoms with Crippen molar-refractivity contribution in [3.05, 3.63) is 53.6 Å². The van der Waals surface area contributed by atoms with E-state index in [1.165, 1.54) is 4.90 Å². The first kappa shape index (κ1) is 20.4. The van der Waals surface area contributed by atoms with Crippen molar-refractivity contribution in [2.75, 3.05) is 10.2 Å². The molecule has 2 heterocycles. The van der Waals surface area contributed by atoms with Crippen LogP contribution in [0.15, 0.2) is 58.2 Å². The lowest BCUT2D eigenvalue weighted by Crippen LogP contribution is -2.60. The van der Waals surface area contributed by atoms with E-state index in [0.717, 1.165) is 11.8 Å². The molecule has 2 amide bonds. The van der Waals surface area contributed by atoms with Crippen molar-refractivity contribution in [2.45, 2.75) is 36.8 Å². The molecule has 1 aromatic heterocycles. The van der Waals surface area contributed by atoms with Gasteiger partial charge in [-0.3, -0.25) is 14.5 Å². The van der Waals surface area contributed by atoms with Gasteiger partial charge in [-0.2, -0.15) is 0 Å². The van der Waals surface area contributed by atoms with Gasteiger partial charge in [0, 0.05) is 10.6 Å². The number of halogens is 1. The maximum atomic E-state index is 13.4. The van der Waals surface area contributed by atoms with E-state index in [4.69, 9.17) is 16.0 Å². The molecule has 1 aliphatic rings. The molecule has 0 aliphatic carbocycles. The molecule has 0 spiro atoms. The van der Waals surface area contributed by atoms with Crippen molar-refractivity contribution in [1.82, 2.24) is 10.2 Å². The zero-order chi connectivity index (χ0) is 21.5. The van der Waals surface area contributed by atoms with E-state index in [-0.39, 0.29) is 17.0 Å². The number of nitrogens with one attached hydrogen (secondary N) is 1. The molecule has 0 fully saturated rings. The Balaban J connectivity index is 1.58. The van der Waals surface area contributed by atoms with Crippen LogP contribution in [0.4, 0.5) is 11.4 Å². The molecule has 7 nitrogen and oxygen atoms in total. The summed E-state index contributed by atoms with van der Waals surface area (Å²) < 4.78 is 5.71. The van der Waals surface area contributed by atoms with Gasteiger partial charge in [0.05, 0.1) is 16.6 Å². The quantitative estimate of drug-likeness (QED) is 0.592. The van der Waals surface area contributed by atoms with Crippen molar-refractivity contribution in [3.63, 3.8) is 0 Å². The highest BCUT2D eigenvalue weighted by molar-refractivity contribution is 8.00. The standard InChI is InChI=1S/C21H19ClN4O3S/c1-12(30-20-25-24-17(29-20)13-7-6-8-14(22)11-13)18(27)26-16-10-5-4-9-15(16)23-19(28)21(26,2)3/h4-12H,1-3H3,(H,23,28). The maximum Gasteiger partial charge on any atom is 0.277 e. The Hall–Kier alpha value is -2.84. The number of amides is 2. The van der Waals surface area contributed by atoms with Gasteiger partial charge in [0.1, 0.15) is 5.54 Å². The fraction of sp³-hybridized carbons (Fsp3) is 0.238.